The molecule has 0 atom stereocenters. The van der Waals surface area contributed by atoms with Crippen molar-refractivity contribution < 1.29 is 14.3 Å². The predicted octanol–water partition coefficient (Wildman–Crippen LogP) is 3.70. The van der Waals surface area contributed by atoms with Crippen molar-refractivity contribution in [3.05, 3.63) is 40.9 Å². The zero-order chi connectivity index (χ0) is 22.9. The first-order valence-electron chi connectivity index (χ1n) is 10.5. The van der Waals surface area contributed by atoms with E-state index in [9.17, 15) is 4.79 Å². The van der Waals surface area contributed by atoms with Crippen LogP contribution in [0, 0.1) is 0 Å². The van der Waals surface area contributed by atoms with E-state index in [0.29, 0.717) is 37.5 Å². The Hall–Kier alpha value is -2.88. The normalized spacial score (nSPS) is 14.7. The molecule has 0 spiro atoms. The second-order valence-corrected chi connectivity index (χ2v) is 9.35. The van der Waals surface area contributed by atoms with Gasteiger partial charge in [-0.05, 0) is 54.4 Å². The van der Waals surface area contributed by atoms with E-state index in [0.717, 1.165) is 28.3 Å². The molecule has 4 rings (SSSR count). The van der Waals surface area contributed by atoms with Crippen molar-refractivity contribution in [3.63, 3.8) is 0 Å². The molecule has 3 heterocycles. The molecule has 170 valence electrons. The molecule has 1 aliphatic rings. The van der Waals surface area contributed by atoms with Crippen LogP contribution in [0.1, 0.15) is 26.3 Å². The van der Waals surface area contributed by atoms with Gasteiger partial charge in [0.25, 0.3) is 0 Å². The van der Waals surface area contributed by atoms with Gasteiger partial charge in [0.05, 0.1) is 13.7 Å². The van der Waals surface area contributed by atoms with Crippen LogP contribution in [0.2, 0.25) is 0 Å². The molecule has 0 saturated carbocycles. The Balaban J connectivity index is 1.52. The Bertz CT molecular complexity index is 1100. The first kappa shape index (κ1) is 22.3. The van der Waals surface area contributed by atoms with Gasteiger partial charge in [0.2, 0.25) is 0 Å². The number of anilines is 1. The molecule has 0 N–H and O–H groups in total. The summed E-state index contributed by atoms with van der Waals surface area (Å²) in [4.78, 5) is 29.9. The number of methoxy groups -OCH3 is 1. The molecule has 9 nitrogen and oxygen atoms in total. The van der Waals surface area contributed by atoms with E-state index >= 15 is 0 Å². The van der Waals surface area contributed by atoms with Gasteiger partial charge in [-0.3, -0.25) is 4.57 Å². The van der Waals surface area contributed by atoms with E-state index in [4.69, 9.17) is 14.5 Å². The van der Waals surface area contributed by atoms with Gasteiger partial charge >= 0.3 is 6.09 Å². The van der Waals surface area contributed by atoms with Crippen LogP contribution in [-0.4, -0.2) is 69.4 Å². The minimum absolute atomic E-state index is 0.281. The summed E-state index contributed by atoms with van der Waals surface area (Å²) in [6.07, 6.45) is 1.29. The molecule has 0 aliphatic carbocycles. The number of hydrogen-bond acceptors (Lipinski definition) is 7. The van der Waals surface area contributed by atoms with Gasteiger partial charge in [-0.25, -0.2) is 19.7 Å². The highest BCUT2D eigenvalue weighted by Crippen LogP contribution is 2.28. The van der Waals surface area contributed by atoms with E-state index in [2.05, 4.69) is 30.8 Å². The first-order valence-corrected chi connectivity index (χ1v) is 11.3. The van der Waals surface area contributed by atoms with Crippen LogP contribution >= 0.6 is 15.9 Å². The molecule has 3 aromatic rings. The first-order chi connectivity index (χ1) is 15.2. The Kier molecular flexibility index (Phi) is 6.23. The van der Waals surface area contributed by atoms with Crippen molar-refractivity contribution >= 4 is 39.0 Å². The summed E-state index contributed by atoms with van der Waals surface area (Å²) >= 11 is 3.58. The minimum atomic E-state index is -0.504. The Labute approximate surface area is 195 Å². The standard InChI is InChI=1S/C22H27BrN6O3/c1-22(2,3)32-21(30)28-11-9-27(10-12-28)18-17-19(25-14-24-18)29(20(23)26-17)13-15-5-7-16(31-4)8-6-15/h5-8,14H,9-13H2,1-4H3. The van der Waals surface area contributed by atoms with Crippen LogP contribution in [0.15, 0.2) is 35.3 Å². The Morgan fingerprint density at radius 2 is 1.78 bits per heavy atom. The van der Waals surface area contributed by atoms with Gasteiger partial charge in [-0.1, -0.05) is 12.1 Å². The van der Waals surface area contributed by atoms with E-state index < -0.39 is 5.60 Å². The summed E-state index contributed by atoms with van der Waals surface area (Å²) in [5.74, 6) is 1.59. The lowest BCUT2D eigenvalue weighted by molar-refractivity contribution is 0.0240. The fourth-order valence-corrected chi connectivity index (χ4v) is 4.08. The second kappa shape index (κ2) is 8.93. The summed E-state index contributed by atoms with van der Waals surface area (Å²) in [6.45, 7) is 8.66. The number of carbonyl (C=O) groups excluding carboxylic acids is 1. The van der Waals surface area contributed by atoms with Crippen molar-refractivity contribution in [2.45, 2.75) is 32.9 Å². The highest BCUT2D eigenvalue weighted by atomic mass is 79.9. The molecular weight excluding hydrogens is 476 g/mol. The maximum absolute atomic E-state index is 12.4. The molecule has 0 unspecified atom stereocenters. The molecule has 0 radical (unpaired) electrons. The lowest BCUT2D eigenvalue weighted by Crippen LogP contribution is -2.50. The number of halogens is 1. The predicted molar refractivity (Wildman–Crippen MR) is 125 cm³/mol. The third kappa shape index (κ3) is 4.79. The maximum Gasteiger partial charge on any atom is 0.410 e. The molecule has 1 aliphatic heterocycles. The van der Waals surface area contributed by atoms with Crippen LogP contribution in [0.3, 0.4) is 0 Å². The van der Waals surface area contributed by atoms with Gasteiger partial charge in [-0.2, -0.15) is 0 Å². The van der Waals surface area contributed by atoms with Crippen molar-refractivity contribution in [1.29, 1.82) is 0 Å². The fraction of sp³-hybridized carbons (Fsp3) is 0.455. The zero-order valence-corrected chi connectivity index (χ0v) is 20.3. The average Bonchev–Trinajstić information content (AvgIpc) is 3.08. The molecule has 1 aromatic carbocycles. The number of aromatic nitrogens is 4. The van der Waals surface area contributed by atoms with Gasteiger partial charge in [0.15, 0.2) is 21.7 Å². The smallest absolute Gasteiger partial charge is 0.410 e. The molecule has 2 aromatic heterocycles. The maximum atomic E-state index is 12.4. The molecule has 0 bridgehead atoms. The third-order valence-corrected chi connectivity index (χ3v) is 5.80. The van der Waals surface area contributed by atoms with Crippen LogP contribution in [0.5, 0.6) is 5.75 Å². The van der Waals surface area contributed by atoms with Crippen LogP contribution in [0.4, 0.5) is 10.6 Å². The zero-order valence-electron chi connectivity index (χ0n) is 18.7. The van der Waals surface area contributed by atoms with Crippen molar-refractivity contribution in [2.24, 2.45) is 0 Å². The van der Waals surface area contributed by atoms with Gasteiger partial charge in [0.1, 0.15) is 17.7 Å². The van der Waals surface area contributed by atoms with Crippen molar-refractivity contribution in [2.75, 3.05) is 38.2 Å². The molecule has 10 heteroatoms. The van der Waals surface area contributed by atoms with E-state index in [1.807, 2.05) is 49.6 Å². The lowest BCUT2D eigenvalue weighted by atomic mass is 10.2. The Morgan fingerprint density at radius 3 is 2.41 bits per heavy atom. The molecule has 1 saturated heterocycles. The highest BCUT2D eigenvalue weighted by molar-refractivity contribution is 9.10. The summed E-state index contributed by atoms with van der Waals surface area (Å²) in [5, 5.41) is 0. The molecule has 1 amide bonds. The number of ether oxygens (including phenoxy) is 2. The second-order valence-electron chi connectivity index (χ2n) is 8.64. The van der Waals surface area contributed by atoms with Crippen molar-refractivity contribution in [3.8, 4) is 5.75 Å². The van der Waals surface area contributed by atoms with Crippen LogP contribution < -0.4 is 9.64 Å². The fourth-order valence-electron chi connectivity index (χ4n) is 3.61. The summed E-state index contributed by atoms with van der Waals surface area (Å²) in [7, 11) is 1.65. The number of nitrogens with zero attached hydrogens (tertiary/aromatic N) is 6. The van der Waals surface area contributed by atoms with Crippen LogP contribution in [-0.2, 0) is 11.3 Å². The quantitative estimate of drug-likeness (QED) is 0.502. The average molecular weight is 503 g/mol. The number of rotatable bonds is 4. The Morgan fingerprint density at radius 1 is 1.09 bits per heavy atom. The van der Waals surface area contributed by atoms with E-state index in [1.165, 1.54) is 0 Å². The minimum Gasteiger partial charge on any atom is -0.497 e. The number of imidazole rings is 1. The molecule has 1 fully saturated rings. The number of amides is 1. The van der Waals surface area contributed by atoms with Crippen molar-refractivity contribution in [1.82, 2.24) is 24.4 Å². The van der Waals surface area contributed by atoms with Crippen LogP contribution in [0.25, 0.3) is 11.2 Å². The highest BCUT2D eigenvalue weighted by Gasteiger charge is 2.28. The lowest BCUT2D eigenvalue weighted by Gasteiger charge is -2.36. The van der Waals surface area contributed by atoms with E-state index in [1.54, 1.807) is 18.3 Å². The third-order valence-electron chi connectivity index (χ3n) is 5.20. The van der Waals surface area contributed by atoms with E-state index in [-0.39, 0.29) is 6.09 Å². The topological polar surface area (TPSA) is 85.6 Å². The van der Waals surface area contributed by atoms with Gasteiger partial charge in [-0.15, -0.1) is 0 Å². The van der Waals surface area contributed by atoms with Gasteiger partial charge in [0, 0.05) is 26.2 Å². The summed E-state index contributed by atoms with van der Waals surface area (Å²) in [5.41, 5.74) is 2.10. The summed E-state index contributed by atoms with van der Waals surface area (Å²) < 4.78 is 13.4. The number of hydrogen-bond donors (Lipinski definition) is 0. The molecule has 32 heavy (non-hydrogen) atoms. The molecular formula is C22H27BrN6O3. The monoisotopic (exact) mass is 502 g/mol. The number of fused-ring (bicyclic) bond motifs is 1. The number of benzene rings is 1. The van der Waals surface area contributed by atoms with Gasteiger partial charge < -0.3 is 19.3 Å². The number of carbonyl (C=O) groups is 1. The number of piperazine rings is 1. The summed E-state index contributed by atoms with van der Waals surface area (Å²) in [6, 6.07) is 7.92. The SMILES string of the molecule is COc1ccc(Cn2c(Br)nc3c(N4CCN(C(=O)OC(C)(C)C)CC4)ncnc32)cc1. The largest absolute Gasteiger partial charge is 0.497 e.